The van der Waals surface area contributed by atoms with Crippen molar-refractivity contribution in [2.75, 3.05) is 13.2 Å². The summed E-state index contributed by atoms with van der Waals surface area (Å²) in [6.45, 7) is 4.50. The highest BCUT2D eigenvalue weighted by Gasteiger charge is 2.13. The molecule has 13 heavy (non-hydrogen) atoms. The molecule has 0 aromatic rings. The van der Waals surface area contributed by atoms with E-state index < -0.39 is 11.5 Å². The molecule has 0 aliphatic carbocycles. The van der Waals surface area contributed by atoms with Crippen LogP contribution in [-0.4, -0.2) is 40.0 Å². The van der Waals surface area contributed by atoms with Crippen LogP contribution >= 0.6 is 0 Å². The van der Waals surface area contributed by atoms with Gasteiger partial charge >= 0.3 is 5.97 Å². The van der Waals surface area contributed by atoms with Crippen LogP contribution in [-0.2, 0) is 4.79 Å². The van der Waals surface area contributed by atoms with Gasteiger partial charge in [-0.05, 0) is 6.92 Å². The number of rotatable bonds is 3. The molecule has 0 atom stereocenters. The molecule has 80 valence electrons. The number of carboxylic acid groups (broad SMARTS) is 1. The summed E-state index contributed by atoms with van der Waals surface area (Å²) in [5.74, 6) is -0.972. The lowest BCUT2D eigenvalue weighted by Crippen LogP contribution is -2.43. The summed E-state index contributed by atoms with van der Waals surface area (Å²) in [6, 6.07) is 0. The second-order valence-corrected chi connectivity index (χ2v) is 3.46. The molecule has 0 aromatic heterocycles. The van der Waals surface area contributed by atoms with Gasteiger partial charge in [-0.25, -0.2) is 0 Å². The van der Waals surface area contributed by atoms with E-state index in [9.17, 15) is 4.79 Å². The zero-order valence-corrected chi connectivity index (χ0v) is 8.32. The van der Waals surface area contributed by atoms with Gasteiger partial charge in [0.1, 0.15) is 0 Å². The Morgan fingerprint density at radius 2 is 1.62 bits per heavy atom. The van der Waals surface area contributed by atoms with Gasteiger partial charge in [0.15, 0.2) is 0 Å². The molecule has 5 nitrogen and oxygen atoms in total. The number of nitrogens with two attached hydrogens (primary N) is 1. The largest absolute Gasteiger partial charge is 0.481 e. The van der Waals surface area contributed by atoms with Crippen LogP contribution in [0.15, 0.2) is 0 Å². The predicted molar refractivity (Wildman–Crippen MR) is 49.2 cm³/mol. The van der Waals surface area contributed by atoms with E-state index >= 15 is 0 Å². The zero-order chi connectivity index (χ0) is 11.1. The maximum absolute atomic E-state index is 9.70. The first-order valence-corrected chi connectivity index (χ1v) is 4.00. The van der Waals surface area contributed by atoms with E-state index in [1.54, 1.807) is 20.8 Å². The summed E-state index contributed by atoms with van der Waals surface area (Å²) in [5, 5.41) is 24.6. The second-order valence-electron chi connectivity index (χ2n) is 3.46. The van der Waals surface area contributed by atoms with Gasteiger partial charge in [0.25, 0.3) is 0 Å². The van der Waals surface area contributed by atoms with Crippen molar-refractivity contribution in [3.8, 4) is 0 Å². The number of aliphatic hydroxyl groups is 2. The van der Waals surface area contributed by atoms with Crippen molar-refractivity contribution in [1.82, 2.24) is 0 Å². The second kappa shape index (κ2) is 6.82. The summed E-state index contributed by atoms with van der Waals surface area (Å²) in [7, 11) is 0. The van der Waals surface area contributed by atoms with Crippen LogP contribution in [0.5, 0.6) is 0 Å². The first-order chi connectivity index (χ1) is 5.76. The minimum Gasteiger partial charge on any atom is -0.481 e. The molecule has 0 radical (unpaired) electrons. The molecule has 0 spiro atoms. The van der Waals surface area contributed by atoms with Gasteiger partial charge in [-0.2, -0.15) is 0 Å². The Balaban J connectivity index is 0. The molecule has 0 saturated carbocycles. The van der Waals surface area contributed by atoms with Crippen molar-refractivity contribution in [2.45, 2.75) is 26.3 Å². The molecule has 0 saturated heterocycles. The molecule has 0 aliphatic rings. The van der Waals surface area contributed by atoms with Crippen molar-refractivity contribution in [2.24, 2.45) is 11.7 Å². The fourth-order valence-electron chi connectivity index (χ4n) is 0.0500. The maximum atomic E-state index is 9.70. The van der Waals surface area contributed by atoms with E-state index in [2.05, 4.69) is 0 Å². The normalized spacial score (nSPS) is 10.7. The Morgan fingerprint density at radius 3 is 1.62 bits per heavy atom. The Bertz CT molecular complexity index is 139. The topological polar surface area (TPSA) is 104 Å². The van der Waals surface area contributed by atoms with Gasteiger partial charge in [0, 0.05) is 0 Å². The van der Waals surface area contributed by atoms with Crippen molar-refractivity contribution < 1.29 is 20.1 Å². The first kappa shape index (κ1) is 14.9. The SMILES string of the molecule is CC(C)C(=O)O.CC(N)(CO)CO. The molecule has 0 unspecified atom stereocenters. The van der Waals surface area contributed by atoms with Crippen molar-refractivity contribution in [1.29, 1.82) is 0 Å². The minimum absolute atomic E-state index is 0.177. The van der Waals surface area contributed by atoms with Crippen LogP contribution in [0.25, 0.3) is 0 Å². The minimum atomic E-state index is -0.806. The van der Waals surface area contributed by atoms with Crippen molar-refractivity contribution in [3.63, 3.8) is 0 Å². The lowest BCUT2D eigenvalue weighted by molar-refractivity contribution is -0.140. The molecule has 5 N–H and O–H groups in total. The maximum Gasteiger partial charge on any atom is 0.305 e. The van der Waals surface area contributed by atoms with Crippen LogP contribution < -0.4 is 5.73 Å². The number of carbonyl (C=O) groups is 1. The Labute approximate surface area is 78.2 Å². The number of aliphatic hydroxyl groups excluding tert-OH is 2. The summed E-state index contributed by atoms with van der Waals surface area (Å²) < 4.78 is 0. The summed E-state index contributed by atoms with van der Waals surface area (Å²) in [6.07, 6.45) is 0. The number of hydrogen-bond donors (Lipinski definition) is 4. The van der Waals surface area contributed by atoms with Crippen LogP contribution in [0.2, 0.25) is 0 Å². The quantitative estimate of drug-likeness (QED) is 0.480. The predicted octanol–water partition coefficient (Wildman–Crippen LogP) is -0.585. The molecule has 0 aromatic carbocycles. The lowest BCUT2D eigenvalue weighted by Gasteiger charge is -2.16. The third-order valence-electron chi connectivity index (χ3n) is 1.22. The molecule has 0 bridgehead atoms. The van der Waals surface area contributed by atoms with Crippen molar-refractivity contribution in [3.05, 3.63) is 0 Å². The van der Waals surface area contributed by atoms with Gasteiger partial charge in [-0.15, -0.1) is 0 Å². The molecular weight excluding hydrogens is 174 g/mol. The molecule has 0 heterocycles. The fraction of sp³-hybridized carbons (Fsp3) is 0.875. The first-order valence-electron chi connectivity index (χ1n) is 4.00. The number of carboxylic acids is 1. The van der Waals surface area contributed by atoms with Gasteiger partial charge in [-0.3, -0.25) is 4.79 Å². The highest BCUT2D eigenvalue weighted by Crippen LogP contribution is 1.91. The van der Waals surface area contributed by atoms with Crippen LogP contribution in [0, 0.1) is 5.92 Å². The third kappa shape index (κ3) is 11.3. The molecule has 0 fully saturated rings. The highest BCUT2D eigenvalue weighted by molar-refractivity contribution is 5.68. The number of hydrogen-bond acceptors (Lipinski definition) is 4. The van der Waals surface area contributed by atoms with E-state index in [1.165, 1.54) is 0 Å². The average molecular weight is 193 g/mol. The monoisotopic (exact) mass is 193 g/mol. The zero-order valence-electron chi connectivity index (χ0n) is 8.32. The van der Waals surface area contributed by atoms with E-state index in [-0.39, 0.29) is 19.1 Å². The summed E-state index contributed by atoms with van der Waals surface area (Å²) in [5.41, 5.74) is 4.41. The van der Waals surface area contributed by atoms with E-state index in [1.807, 2.05) is 0 Å². The highest BCUT2D eigenvalue weighted by atomic mass is 16.4. The van der Waals surface area contributed by atoms with Crippen LogP contribution in [0.4, 0.5) is 0 Å². The number of aliphatic carboxylic acids is 1. The summed E-state index contributed by atoms with van der Waals surface area (Å²) >= 11 is 0. The van der Waals surface area contributed by atoms with Gasteiger partial charge in [-0.1, -0.05) is 13.8 Å². The van der Waals surface area contributed by atoms with Crippen molar-refractivity contribution >= 4 is 5.97 Å². The smallest absolute Gasteiger partial charge is 0.305 e. The standard InChI is InChI=1S/C4H11NO2.C4H8O2/c1-4(5,2-6)3-7;1-3(2)4(5)6/h6-7H,2-3,5H2,1H3;3H,1-2H3,(H,5,6). The lowest BCUT2D eigenvalue weighted by atomic mass is 10.1. The van der Waals surface area contributed by atoms with E-state index in [4.69, 9.17) is 21.1 Å². The molecular formula is C8H19NO4. The van der Waals surface area contributed by atoms with Gasteiger partial charge in [0.05, 0.1) is 24.7 Å². The summed E-state index contributed by atoms with van der Waals surface area (Å²) in [4.78, 5) is 9.70. The fourth-order valence-corrected chi connectivity index (χ4v) is 0.0500. The third-order valence-corrected chi connectivity index (χ3v) is 1.22. The van der Waals surface area contributed by atoms with Gasteiger partial charge < -0.3 is 21.1 Å². The molecule has 0 aliphatic heterocycles. The average Bonchev–Trinajstić information content (AvgIpc) is 2.05. The van der Waals surface area contributed by atoms with Crippen LogP contribution in [0.1, 0.15) is 20.8 Å². The van der Waals surface area contributed by atoms with E-state index in [0.29, 0.717) is 0 Å². The molecule has 0 amide bonds. The Kier molecular flexibility index (Phi) is 7.79. The van der Waals surface area contributed by atoms with Crippen LogP contribution in [0.3, 0.4) is 0 Å². The van der Waals surface area contributed by atoms with Gasteiger partial charge in [0.2, 0.25) is 0 Å². The molecule has 0 rings (SSSR count). The Hall–Kier alpha value is -0.650. The molecule has 5 heteroatoms. The Morgan fingerprint density at radius 1 is 1.38 bits per heavy atom. The van der Waals surface area contributed by atoms with E-state index in [0.717, 1.165) is 0 Å².